The van der Waals surface area contributed by atoms with Crippen molar-refractivity contribution >= 4 is 102 Å². The average Bonchev–Trinajstić information content (AvgIpc) is 1.43. The molecule has 1 aliphatic heterocycles. The van der Waals surface area contributed by atoms with Crippen LogP contribution in [0.15, 0.2) is 76.0 Å². The molecule has 9 N–H and O–H groups in total. The minimum Gasteiger partial charge on any atom is -0.445 e. The molecule has 1 aliphatic rings. The number of anilines is 1. The monoisotopic (exact) mass is 1760 g/mol. The number of nitrogens with zero attached hydrogens (tertiary/aromatic N) is 3. The lowest BCUT2D eigenvalue weighted by molar-refractivity contribution is -0.137. The maximum atomic E-state index is 15.5. The summed E-state index contributed by atoms with van der Waals surface area (Å²) in [6, 6.07) is 11.0. The van der Waals surface area contributed by atoms with E-state index in [1.807, 2.05) is 62.3 Å². The van der Waals surface area contributed by atoms with E-state index in [1.54, 1.807) is 105 Å². The molecule has 4 rings (SSSR count). The zero-order valence-corrected chi connectivity index (χ0v) is 76.9. The predicted octanol–water partition coefficient (Wildman–Crippen LogP) is 6.44. The largest absolute Gasteiger partial charge is 0.445 e. The Morgan fingerprint density at radius 2 is 0.984 bits per heavy atom. The normalized spacial score (nSPS) is 13.7. The van der Waals surface area contributed by atoms with Crippen molar-refractivity contribution in [1.82, 2.24) is 57.2 Å². The van der Waals surface area contributed by atoms with Gasteiger partial charge in [-0.15, -0.1) is 0 Å². The van der Waals surface area contributed by atoms with E-state index >= 15 is 4.79 Å². The highest BCUT2D eigenvalue weighted by Gasteiger charge is 2.39. The van der Waals surface area contributed by atoms with Gasteiger partial charge in [0.1, 0.15) is 43.4 Å². The molecule has 37 heteroatoms. The summed E-state index contributed by atoms with van der Waals surface area (Å²) in [4.78, 5) is 190. The van der Waals surface area contributed by atoms with Crippen LogP contribution in [0.25, 0.3) is 11.0 Å². The Morgan fingerprint density at radius 3 is 1.49 bits per heavy atom. The van der Waals surface area contributed by atoms with Gasteiger partial charge in [0.15, 0.2) is 0 Å². The van der Waals surface area contributed by atoms with E-state index in [1.165, 1.54) is 36.0 Å². The van der Waals surface area contributed by atoms with Crippen LogP contribution in [0.3, 0.4) is 0 Å². The van der Waals surface area contributed by atoms with Crippen molar-refractivity contribution in [3.05, 3.63) is 82.7 Å². The van der Waals surface area contributed by atoms with E-state index in [-0.39, 0.29) is 127 Å². The van der Waals surface area contributed by atoms with Gasteiger partial charge in [-0.05, 0) is 184 Å². The molecular weight excluding hydrogens is 1620 g/mol. The number of likely N-dealkylation sites (N-methyl/N-ethyl adjacent to an activating group) is 2. The Balaban J connectivity index is 1.57. The van der Waals surface area contributed by atoms with Gasteiger partial charge in [0.2, 0.25) is 53.2 Å². The second kappa shape index (κ2) is 50.4. The highest BCUT2D eigenvalue weighted by molar-refractivity contribution is 6.14. The molecule has 0 bridgehead atoms. The molecule has 2 unspecified atom stereocenters. The number of amides is 13. The third kappa shape index (κ3) is 44.2. The van der Waals surface area contributed by atoms with E-state index in [9.17, 15) is 62.3 Å². The molecule has 13 amide bonds. The number of carbonyl (C=O) groups is 13. The van der Waals surface area contributed by atoms with Crippen LogP contribution in [0.5, 0.6) is 5.75 Å². The lowest BCUT2D eigenvalue weighted by atomic mass is 9.85. The molecular formula is C88H137BN12O24. The summed E-state index contributed by atoms with van der Waals surface area (Å²) in [5, 5.41) is 26.3. The van der Waals surface area contributed by atoms with E-state index < -0.39 is 167 Å². The predicted molar refractivity (Wildman–Crippen MR) is 468 cm³/mol. The van der Waals surface area contributed by atoms with Gasteiger partial charge in [0.25, 0.3) is 11.8 Å². The van der Waals surface area contributed by atoms with Crippen LogP contribution in [0.4, 0.5) is 15.3 Å². The summed E-state index contributed by atoms with van der Waals surface area (Å²) >= 11 is 0. The van der Waals surface area contributed by atoms with Gasteiger partial charge in [-0.25, -0.2) is 14.4 Å². The van der Waals surface area contributed by atoms with Gasteiger partial charge in [-0.3, -0.25) is 57.6 Å². The third-order valence-electron chi connectivity index (χ3n) is 19.7. The van der Waals surface area contributed by atoms with Crippen LogP contribution in [0.2, 0.25) is 0 Å². The van der Waals surface area contributed by atoms with Crippen LogP contribution in [0.1, 0.15) is 200 Å². The average molecular weight is 1760 g/mol. The highest BCUT2D eigenvalue weighted by Crippen LogP contribution is 2.24. The van der Waals surface area contributed by atoms with Crippen molar-refractivity contribution in [2.45, 2.75) is 258 Å². The van der Waals surface area contributed by atoms with E-state index in [0.717, 1.165) is 17.1 Å². The number of hydrogen-bond acceptors (Lipinski definition) is 24. The summed E-state index contributed by atoms with van der Waals surface area (Å²) in [5.74, 6) is -6.57. The van der Waals surface area contributed by atoms with Crippen LogP contribution in [0, 0.1) is 5.92 Å². The quantitative estimate of drug-likeness (QED) is 0.0127. The maximum absolute atomic E-state index is 15.5. The Labute approximate surface area is 736 Å². The first-order valence-corrected chi connectivity index (χ1v) is 42.3. The molecule has 0 spiro atoms. The molecule has 36 nitrogen and oxygen atoms in total. The van der Waals surface area contributed by atoms with E-state index in [0.29, 0.717) is 55.5 Å². The number of ether oxygens (including phenoxy) is 9. The standard InChI is InChI=1S/C88H137BN12O24/c1-59(2)76(78(113)90-54-72(108)91-62-25-21-60(22-26-62)55-120-79(114)99(18)44-45-100(19)80(115)124-63-27-23-61-24-32-75(111)125-65(61)53-63)93-66(102)29-28-64(92-67(103)33-38-86(14,15)122-51-41-84(10,11)94-68(104)34-43-101-73(109)30-31-74(101)110)77(112)98-88(56-117-46-35-69(105)95-82(6,7)39-49-116-20,57-118-47-36-70(106)96-83(8,9)40-50-121-81(3,4)5)58-119-48-37-71(107)97-85(12,13)42-52-123-87(16,17)89/h21-27,30-32,53,59,64,76H,28-29,33-52,54-58H2,1-20H3,(H,90,113)(H,91,108)(H,92,103)(H,93,102)(H,94,104)(H,95,105)(H,96,106)(H,97,107)(H,98,112)/t64-,76?,88?/m0/s1. The van der Waals surface area contributed by atoms with Gasteiger partial charge in [-0.2, -0.15) is 0 Å². The molecule has 0 saturated carbocycles. The van der Waals surface area contributed by atoms with Gasteiger partial charge in [0.05, 0.1) is 57.4 Å². The summed E-state index contributed by atoms with van der Waals surface area (Å²) < 4.78 is 58.1. The maximum Gasteiger partial charge on any atom is 0.415 e. The van der Waals surface area contributed by atoms with Crippen LogP contribution >= 0.6 is 0 Å². The summed E-state index contributed by atoms with van der Waals surface area (Å²) in [6.07, 6.45) is 0.934. The van der Waals surface area contributed by atoms with E-state index in [4.69, 9.17) is 54.9 Å². The molecule has 3 aromatic rings. The second-order valence-electron chi connectivity index (χ2n) is 36.5. The minimum absolute atomic E-state index is 0.0751. The number of imide groups is 1. The Hall–Kier alpha value is -9.92. The van der Waals surface area contributed by atoms with Gasteiger partial charge >= 0.3 is 17.8 Å². The highest BCUT2D eigenvalue weighted by atomic mass is 16.6. The number of rotatable bonds is 57. The molecule has 0 fully saturated rings. The lowest BCUT2D eigenvalue weighted by Gasteiger charge is -2.36. The topological polar surface area (TPSA) is 453 Å². The SMILES string of the molecule is [B]C(C)(C)OCCC(C)(C)NC(=O)CCOCC(COCCC(=O)NC(C)(C)CCOC)(COCCC(=O)NC(C)(C)CCOC(C)(C)C)NC(=O)[C@H](CCC(=O)NC(C(=O)NCC(=O)Nc1ccc(COC(=O)N(C)CCN(C)C(=O)Oc2ccc3ccc(=O)oc3c2)cc1)C(C)C)NC(=O)CCC(C)(C)OCCC(C)(C)NC(=O)CCN1C(=O)C=CC1=O. The second-order valence-corrected chi connectivity index (χ2v) is 36.5. The number of benzene rings is 2. The van der Waals surface area contributed by atoms with Gasteiger partial charge < -0.3 is 105 Å². The molecule has 0 saturated heterocycles. The molecule has 3 atom stereocenters. The Morgan fingerprint density at radius 1 is 0.504 bits per heavy atom. The number of nitrogens with one attached hydrogen (secondary N) is 9. The first-order valence-electron chi connectivity index (χ1n) is 42.3. The molecule has 696 valence electrons. The molecule has 1 aromatic heterocycles. The van der Waals surface area contributed by atoms with Crippen molar-refractivity contribution in [1.29, 1.82) is 0 Å². The number of fused-ring (bicyclic) bond motifs is 1. The van der Waals surface area contributed by atoms with Crippen molar-refractivity contribution in [2.24, 2.45) is 5.92 Å². The molecule has 2 heterocycles. The Bertz CT molecular complexity index is 4100. The molecule has 125 heavy (non-hydrogen) atoms. The van der Waals surface area contributed by atoms with Crippen LogP contribution < -0.4 is 58.2 Å². The Kier molecular flexibility index (Phi) is 43.3. The fourth-order valence-corrected chi connectivity index (χ4v) is 12.1. The number of methoxy groups -OCH3 is 1. The summed E-state index contributed by atoms with van der Waals surface area (Å²) in [6.45, 7) is 29.2. The number of carbonyl (C=O) groups excluding carboxylic acids is 13. The molecule has 2 radical (unpaired) electrons. The molecule has 2 aromatic carbocycles. The first kappa shape index (κ1) is 107. The minimum atomic E-state index is -1.74. The number of hydrogen-bond donors (Lipinski definition) is 9. The molecule has 0 aliphatic carbocycles. The van der Waals surface area contributed by atoms with Crippen molar-refractivity contribution in [3.63, 3.8) is 0 Å². The van der Waals surface area contributed by atoms with E-state index in [2.05, 4.69) is 47.9 Å². The lowest BCUT2D eigenvalue weighted by Crippen LogP contribution is -2.62. The van der Waals surface area contributed by atoms with Crippen molar-refractivity contribution in [2.75, 3.05) is 119 Å². The van der Waals surface area contributed by atoms with Gasteiger partial charge in [0, 0.05) is 169 Å². The van der Waals surface area contributed by atoms with Crippen molar-refractivity contribution in [3.8, 4) is 5.75 Å². The zero-order chi connectivity index (χ0) is 93.7. The summed E-state index contributed by atoms with van der Waals surface area (Å²) in [7, 11) is 10.6. The fourth-order valence-electron chi connectivity index (χ4n) is 12.1. The first-order chi connectivity index (χ1) is 58.2. The van der Waals surface area contributed by atoms with Crippen molar-refractivity contribution < 1.29 is 109 Å². The fraction of sp³-hybridized carbons (Fsp3) is 0.659. The zero-order valence-electron chi connectivity index (χ0n) is 76.9. The van der Waals surface area contributed by atoms with Crippen LogP contribution in [-0.4, -0.2) is 270 Å². The third-order valence-corrected chi connectivity index (χ3v) is 19.7. The summed E-state index contributed by atoms with van der Waals surface area (Å²) in [5.41, 5.74) is -6.38. The van der Waals surface area contributed by atoms with Crippen LogP contribution in [-0.2, 0) is 97.2 Å². The van der Waals surface area contributed by atoms with Gasteiger partial charge in [-0.1, -0.05) is 26.0 Å². The smallest absolute Gasteiger partial charge is 0.415 e.